The second-order valence-corrected chi connectivity index (χ2v) is 5.53. The van der Waals surface area contributed by atoms with Crippen LogP contribution in [-0.4, -0.2) is 16.3 Å². The molecule has 4 heteroatoms. The van der Waals surface area contributed by atoms with Gasteiger partial charge in [-0.1, -0.05) is 0 Å². The van der Waals surface area contributed by atoms with Crippen LogP contribution in [0.2, 0.25) is 0 Å². The predicted octanol–water partition coefficient (Wildman–Crippen LogP) is 1.83. The molecular formula is C11H16N2OS. The van der Waals surface area contributed by atoms with E-state index in [1.807, 2.05) is 12.3 Å². The maximum Gasteiger partial charge on any atom is 0.140 e. The number of aromatic nitrogens is 1. The third-order valence-electron chi connectivity index (χ3n) is 2.94. The maximum atomic E-state index is 11.7. The summed E-state index contributed by atoms with van der Waals surface area (Å²) in [5, 5.41) is 2.97. The van der Waals surface area contributed by atoms with Crippen LogP contribution in [0.4, 0.5) is 0 Å². The van der Waals surface area contributed by atoms with Gasteiger partial charge in [0.2, 0.25) is 0 Å². The number of ketones is 1. The molecule has 0 aliphatic heterocycles. The lowest BCUT2D eigenvalue weighted by Gasteiger charge is -2.37. The second-order valence-electron chi connectivity index (χ2n) is 4.47. The fraction of sp³-hybridized carbons (Fsp3) is 0.636. The number of nitrogens with zero attached hydrogens (tertiary/aromatic N) is 1. The van der Waals surface area contributed by atoms with Crippen molar-refractivity contribution in [2.75, 3.05) is 0 Å². The summed E-state index contributed by atoms with van der Waals surface area (Å²) >= 11 is 1.59. The van der Waals surface area contributed by atoms with Crippen LogP contribution in [0.25, 0.3) is 0 Å². The summed E-state index contributed by atoms with van der Waals surface area (Å²) in [6.45, 7) is 1.95. The molecule has 2 N–H and O–H groups in total. The first kappa shape index (κ1) is 10.8. The van der Waals surface area contributed by atoms with Gasteiger partial charge < -0.3 is 5.73 Å². The highest BCUT2D eigenvalue weighted by molar-refractivity contribution is 7.09. The van der Waals surface area contributed by atoms with E-state index >= 15 is 0 Å². The third-order valence-corrected chi connectivity index (χ3v) is 3.77. The molecule has 1 aliphatic carbocycles. The highest BCUT2D eigenvalue weighted by Crippen LogP contribution is 2.32. The van der Waals surface area contributed by atoms with Gasteiger partial charge in [0.1, 0.15) is 5.78 Å². The number of Topliss-reactive ketones (excluding diaryl/α,β-unsaturated/α-hetero) is 1. The number of nitrogens with two attached hydrogens (primary N) is 1. The molecule has 82 valence electrons. The Bertz CT molecular complexity index is 368. The van der Waals surface area contributed by atoms with E-state index in [9.17, 15) is 4.79 Å². The van der Waals surface area contributed by atoms with E-state index in [1.165, 1.54) is 6.42 Å². The van der Waals surface area contributed by atoms with Gasteiger partial charge >= 0.3 is 0 Å². The SMILES string of the molecule is Cc1nc(CC(=O)CC2(N)CCC2)cs1. The van der Waals surface area contributed by atoms with E-state index in [4.69, 9.17) is 5.73 Å². The summed E-state index contributed by atoms with van der Waals surface area (Å²) in [6, 6.07) is 0. The number of hydrogen-bond donors (Lipinski definition) is 1. The van der Waals surface area contributed by atoms with Gasteiger partial charge in [0.05, 0.1) is 10.7 Å². The average molecular weight is 224 g/mol. The van der Waals surface area contributed by atoms with Gasteiger partial charge in [0, 0.05) is 23.8 Å². The molecule has 0 aromatic carbocycles. The number of thiazole rings is 1. The van der Waals surface area contributed by atoms with Crippen molar-refractivity contribution in [1.29, 1.82) is 0 Å². The lowest BCUT2D eigenvalue weighted by molar-refractivity contribution is -0.120. The predicted molar refractivity (Wildman–Crippen MR) is 60.9 cm³/mol. The van der Waals surface area contributed by atoms with Crippen LogP contribution < -0.4 is 5.73 Å². The number of carbonyl (C=O) groups excluding carboxylic acids is 1. The van der Waals surface area contributed by atoms with Gasteiger partial charge in [-0.25, -0.2) is 4.98 Å². The fourth-order valence-electron chi connectivity index (χ4n) is 1.95. The highest BCUT2D eigenvalue weighted by atomic mass is 32.1. The van der Waals surface area contributed by atoms with Crippen LogP contribution in [0.1, 0.15) is 36.4 Å². The Morgan fingerprint density at radius 3 is 2.87 bits per heavy atom. The third kappa shape index (κ3) is 2.63. The van der Waals surface area contributed by atoms with Crippen molar-refractivity contribution in [3.05, 3.63) is 16.1 Å². The van der Waals surface area contributed by atoms with E-state index < -0.39 is 0 Å². The van der Waals surface area contributed by atoms with E-state index in [1.54, 1.807) is 11.3 Å². The van der Waals surface area contributed by atoms with Crippen LogP contribution in [-0.2, 0) is 11.2 Å². The molecule has 0 amide bonds. The first-order valence-corrected chi connectivity index (χ1v) is 6.17. The molecule has 1 aromatic rings. The molecule has 0 saturated heterocycles. The van der Waals surface area contributed by atoms with Crippen molar-refractivity contribution in [2.45, 2.75) is 44.6 Å². The quantitative estimate of drug-likeness (QED) is 0.849. The normalized spacial score (nSPS) is 18.5. The minimum absolute atomic E-state index is 0.192. The molecule has 1 aromatic heterocycles. The van der Waals surface area contributed by atoms with Crippen LogP contribution >= 0.6 is 11.3 Å². The van der Waals surface area contributed by atoms with Gasteiger partial charge in [-0.05, 0) is 26.2 Å². The molecule has 1 aliphatic rings. The summed E-state index contributed by atoms with van der Waals surface area (Å²) in [6.07, 6.45) is 4.12. The number of aryl methyl sites for hydroxylation is 1. The zero-order valence-corrected chi connectivity index (χ0v) is 9.77. The molecule has 1 saturated carbocycles. The number of carbonyl (C=O) groups is 1. The first-order chi connectivity index (χ1) is 7.07. The van der Waals surface area contributed by atoms with E-state index in [2.05, 4.69) is 4.98 Å². The standard InChI is InChI=1S/C11H16N2OS/c1-8-13-9(7-15-8)5-10(14)6-11(12)3-2-4-11/h7H,2-6,12H2,1H3. The largest absolute Gasteiger partial charge is 0.325 e. The van der Waals surface area contributed by atoms with Crippen molar-refractivity contribution in [1.82, 2.24) is 4.98 Å². The van der Waals surface area contributed by atoms with Gasteiger partial charge in [-0.3, -0.25) is 4.79 Å². The van der Waals surface area contributed by atoms with Crippen molar-refractivity contribution >= 4 is 17.1 Å². The molecule has 2 rings (SSSR count). The zero-order chi connectivity index (χ0) is 10.9. The Labute approximate surface area is 93.7 Å². The Balaban J connectivity index is 1.87. The van der Waals surface area contributed by atoms with Gasteiger partial charge in [0.15, 0.2) is 0 Å². The summed E-state index contributed by atoms with van der Waals surface area (Å²) in [5.41, 5.74) is 6.73. The fourth-order valence-corrected chi connectivity index (χ4v) is 2.57. The van der Waals surface area contributed by atoms with E-state index in [0.717, 1.165) is 23.5 Å². The maximum absolute atomic E-state index is 11.7. The molecule has 0 spiro atoms. The molecule has 0 bridgehead atoms. The minimum Gasteiger partial charge on any atom is -0.325 e. The molecule has 3 nitrogen and oxygen atoms in total. The van der Waals surface area contributed by atoms with Gasteiger partial charge in [-0.2, -0.15) is 0 Å². The molecule has 1 heterocycles. The lowest BCUT2D eigenvalue weighted by atomic mass is 9.74. The molecule has 0 atom stereocenters. The van der Waals surface area contributed by atoms with Crippen LogP contribution in [0.15, 0.2) is 5.38 Å². The van der Waals surface area contributed by atoms with Crippen molar-refractivity contribution in [3.63, 3.8) is 0 Å². The highest BCUT2D eigenvalue weighted by Gasteiger charge is 2.34. The monoisotopic (exact) mass is 224 g/mol. The van der Waals surface area contributed by atoms with Gasteiger partial charge in [0.25, 0.3) is 0 Å². The van der Waals surface area contributed by atoms with Crippen molar-refractivity contribution in [2.24, 2.45) is 5.73 Å². The molecular weight excluding hydrogens is 208 g/mol. The average Bonchev–Trinajstić information content (AvgIpc) is 2.48. The molecule has 0 radical (unpaired) electrons. The van der Waals surface area contributed by atoms with Crippen molar-refractivity contribution in [3.8, 4) is 0 Å². The van der Waals surface area contributed by atoms with E-state index in [0.29, 0.717) is 12.8 Å². The Morgan fingerprint density at radius 2 is 2.40 bits per heavy atom. The molecule has 0 unspecified atom stereocenters. The summed E-state index contributed by atoms with van der Waals surface area (Å²) in [4.78, 5) is 16.0. The zero-order valence-electron chi connectivity index (χ0n) is 8.95. The van der Waals surface area contributed by atoms with Crippen LogP contribution in [0.3, 0.4) is 0 Å². The topological polar surface area (TPSA) is 56.0 Å². The Kier molecular flexibility index (Phi) is 2.89. The molecule has 15 heavy (non-hydrogen) atoms. The van der Waals surface area contributed by atoms with Crippen LogP contribution in [0, 0.1) is 6.92 Å². The number of hydrogen-bond acceptors (Lipinski definition) is 4. The summed E-state index contributed by atoms with van der Waals surface area (Å²) < 4.78 is 0. The summed E-state index contributed by atoms with van der Waals surface area (Å²) in [5.74, 6) is 0.225. The smallest absolute Gasteiger partial charge is 0.140 e. The van der Waals surface area contributed by atoms with Gasteiger partial charge in [-0.15, -0.1) is 11.3 Å². The summed E-state index contributed by atoms with van der Waals surface area (Å²) in [7, 11) is 0. The Hall–Kier alpha value is -0.740. The van der Waals surface area contributed by atoms with E-state index in [-0.39, 0.29) is 11.3 Å². The van der Waals surface area contributed by atoms with Crippen LogP contribution in [0.5, 0.6) is 0 Å². The first-order valence-electron chi connectivity index (χ1n) is 5.29. The second kappa shape index (κ2) is 4.02. The molecule has 1 fully saturated rings. The van der Waals surface area contributed by atoms with Crippen molar-refractivity contribution < 1.29 is 4.79 Å². The lowest BCUT2D eigenvalue weighted by Crippen LogP contribution is -2.48. The minimum atomic E-state index is -0.192. The number of rotatable bonds is 4. The Morgan fingerprint density at radius 1 is 1.67 bits per heavy atom.